The van der Waals surface area contributed by atoms with Crippen LogP contribution in [-0.4, -0.2) is 19.7 Å². The first kappa shape index (κ1) is 26.3. The van der Waals surface area contributed by atoms with Gasteiger partial charge in [0.15, 0.2) is 5.82 Å². The zero-order chi connectivity index (χ0) is 26.9. The molecule has 3 heterocycles. The molecule has 0 aliphatic rings. The summed E-state index contributed by atoms with van der Waals surface area (Å²) in [5.74, 6) is 2.23. The Morgan fingerprint density at radius 2 is 1.73 bits per heavy atom. The highest BCUT2D eigenvalue weighted by Crippen LogP contribution is 2.42. The number of rotatable bonds is 4. The molecular formula is C29H35FN4O2S. The molecule has 5 aromatic rings. The summed E-state index contributed by atoms with van der Waals surface area (Å²) in [6.45, 7) is 11.8. The lowest BCUT2D eigenvalue weighted by molar-refractivity contribution is 0.474. The fourth-order valence-corrected chi connectivity index (χ4v) is 5.23. The number of thiophene rings is 1. The van der Waals surface area contributed by atoms with E-state index in [1.54, 1.807) is 11.6 Å². The van der Waals surface area contributed by atoms with Crippen LogP contribution in [0.1, 0.15) is 45.6 Å². The van der Waals surface area contributed by atoms with Gasteiger partial charge in [0, 0.05) is 27.2 Å². The molecule has 1 N–H and O–H groups in total. The molecule has 2 aromatic carbocycles. The molecule has 3 aromatic heterocycles. The van der Waals surface area contributed by atoms with Crippen LogP contribution in [0.2, 0.25) is 0 Å². The van der Waals surface area contributed by atoms with Gasteiger partial charge in [-0.15, -0.1) is 11.3 Å². The highest BCUT2D eigenvalue weighted by Gasteiger charge is 2.19. The molecule has 0 atom stereocenters. The first-order chi connectivity index (χ1) is 17.6. The Kier molecular flexibility index (Phi) is 7.59. The molecule has 0 amide bonds. The number of hydrogen-bond acceptors (Lipinski definition) is 5. The molecule has 6 nitrogen and oxygen atoms in total. The predicted molar refractivity (Wildman–Crippen MR) is 153 cm³/mol. The molecule has 0 aliphatic carbocycles. The maximum atomic E-state index is 13.8. The number of ether oxygens (including phenoxy) is 1. The van der Waals surface area contributed by atoms with Gasteiger partial charge in [-0.25, -0.2) is 9.37 Å². The Hall–Kier alpha value is -3.78. The third-order valence-corrected chi connectivity index (χ3v) is 6.89. The number of H-pyrrole nitrogens is 1. The third-order valence-electron chi connectivity index (χ3n) is 5.73. The van der Waals surface area contributed by atoms with E-state index in [-0.39, 0.29) is 14.2 Å². The number of aryl methyl sites for hydroxylation is 5. The second-order valence-corrected chi connectivity index (χ2v) is 10.3. The van der Waals surface area contributed by atoms with Crippen molar-refractivity contribution in [2.45, 2.75) is 48.0 Å². The van der Waals surface area contributed by atoms with Crippen molar-refractivity contribution in [2.24, 2.45) is 7.05 Å². The van der Waals surface area contributed by atoms with E-state index < -0.39 is 0 Å². The van der Waals surface area contributed by atoms with Crippen molar-refractivity contribution in [3.8, 4) is 33.3 Å². The lowest BCUT2D eigenvalue weighted by atomic mass is 10.0. The number of pyridine rings is 1. The van der Waals surface area contributed by atoms with Crippen LogP contribution >= 0.6 is 11.3 Å². The SMILES string of the molecule is CCC.Cc1ccc(Oc2c(C)cc(F)cc2C)c(-c2cn(C)c(=O)c3cc(-c4n[nH]c(C)n4)sc23)c1.[HH].[HH]. The largest absolute Gasteiger partial charge is 0.456 e. The van der Waals surface area contributed by atoms with E-state index >= 15 is 0 Å². The van der Waals surface area contributed by atoms with E-state index in [0.717, 1.165) is 26.3 Å². The van der Waals surface area contributed by atoms with Crippen LogP contribution in [0.4, 0.5) is 4.39 Å². The molecular weight excluding hydrogens is 487 g/mol. The van der Waals surface area contributed by atoms with E-state index in [0.29, 0.717) is 39.7 Å². The molecule has 8 heteroatoms. The van der Waals surface area contributed by atoms with Crippen molar-refractivity contribution >= 4 is 21.4 Å². The Bertz CT molecular complexity index is 1640. The fraction of sp³-hybridized carbons (Fsp3) is 0.276. The molecule has 0 aliphatic heterocycles. The average molecular weight is 523 g/mol. The number of hydrogen-bond donors (Lipinski definition) is 1. The van der Waals surface area contributed by atoms with Crippen LogP contribution < -0.4 is 10.3 Å². The molecule has 37 heavy (non-hydrogen) atoms. The number of benzene rings is 2. The predicted octanol–water partition coefficient (Wildman–Crippen LogP) is 8.13. The van der Waals surface area contributed by atoms with Gasteiger partial charge in [0.1, 0.15) is 23.1 Å². The molecule has 0 unspecified atom stereocenters. The standard InChI is InChI=1S/C26H23FN4O2S.C3H8.2H2/c1-13-6-7-21(33-23-14(2)9-17(27)10-15(23)3)18(8-13)20-12-31(5)26(32)19-11-22(34-24(19)20)25-28-16(4)29-30-25;1-3-2;;/h6-12H,1-5H3,(H,28,29,30);3H2,1-2H3;2*1H. The highest BCUT2D eigenvalue weighted by atomic mass is 32.1. The van der Waals surface area contributed by atoms with Crippen LogP contribution in [0.5, 0.6) is 11.5 Å². The van der Waals surface area contributed by atoms with Gasteiger partial charge in [-0.05, 0) is 69.2 Å². The summed E-state index contributed by atoms with van der Waals surface area (Å²) >= 11 is 1.47. The van der Waals surface area contributed by atoms with Crippen molar-refractivity contribution in [1.29, 1.82) is 0 Å². The van der Waals surface area contributed by atoms with Crippen molar-refractivity contribution in [3.63, 3.8) is 0 Å². The van der Waals surface area contributed by atoms with Gasteiger partial charge in [-0.2, -0.15) is 5.10 Å². The lowest BCUT2D eigenvalue weighted by Crippen LogP contribution is -2.15. The minimum atomic E-state index is -0.292. The van der Waals surface area contributed by atoms with Crippen molar-refractivity contribution in [3.05, 3.63) is 81.3 Å². The molecule has 0 bridgehead atoms. The van der Waals surface area contributed by atoms with Crippen LogP contribution in [0.25, 0.3) is 31.9 Å². The van der Waals surface area contributed by atoms with E-state index in [2.05, 4.69) is 29.0 Å². The summed E-state index contributed by atoms with van der Waals surface area (Å²) in [5.41, 5.74) is 4.12. The Morgan fingerprint density at radius 1 is 1.05 bits per heavy atom. The maximum absolute atomic E-state index is 13.8. The molecule has 0 saturated carbocycles. The van der Waals surface area contributed by atoms with Crippen LogP contribution in [0.3, 0.4) is 0 Å². The van der Waals surface area contributed by atoms with Gasteiger partial charge in [-0.1, -0.05) is 31.9 Å². The second-order valence-electron chi connectivity index (χ2n) is 9.23. The zero-order valence-electron chi connectivity index (χ0n) is 22.2. The second kappa shape index (κ2) is 10.7. The monoisotopic (exact) mass is 522 g/mol. The highest BCUT2D eigenvalue weighted by molar-refractivity contribution is 7.22. The first-order valence-electron chi connectivity index (χ1n) is 12.2. The van der Waals surface area contributed by atoms with Crippen molar-refractivity contribution < 1.29 is 12.0 Å². The van der Waals surface area contributed by atoms with Gasteiger partial charge in [0.2, 0.25) is 0 Å². The third kappa shape index (κ3) is 5.34. The fourth-order valence-electron chi connectivity index (χ4n) is 4.12. The molecule has 5 rings (SSSR count). The van der Waals surface area contributed by atoms with Crippen LogP contribution in [-0.2, 0) is 7.05 Å². The quantitative estimate of drug-likeness (QED) is 0.259. The minimum Gasteiger partial charge on any atom is -0.456 e. The summed E-state index contributed by atoms with van der Waals surface area (Å²) in [7, 11) is 1.74. The summed E-state index contributed by atoms with van der Waals surface area (Å²) in [5, 5.41) is 7.72. The molecule has 0 radical (unpaired) electrons. The zero-order valence-corrected chi connectivity index (χ0v) is 23.0. The Labute approximate surface area is 222 Å². The number of halogens is 1. The molecule has 0 spiro atoms. The van der Waals surface area contributed by atoms with E-state index in [1.807, 2.05) is 58.2 Å². The van der Waals surface area contributed by atoms with Crippen molar-refractivity contribution in [1.82, 2.24) is 19.7 Å². The van der Waals surface area contributed by atoms with Crippen LogP contribution in [0, 0.1) is 33.5 Å². The maximum Gasteiger partial charge on any atom is 0.259 e. The van der Waals surface area contributed by atoms with Gasteiger partial charge in [0.05, 0.1) is 15.0 Å². The number of nitrogens with zero attached hydrogens (tertiary/aromatic N) is 3. The van der Waals surface area contributed by atoms with Gasteiger partial charge < -0.3 is 9.30 Å². The number of nitrogens with one attached hydrogen (secondary N) is 1. The molecule has 0 saturated heterocycles. The molecule has 196 valence electrons. The van der Waals surface area contributed by atoms with Gasteiger partial charge >= 0.3 is 0 Å². The Morgan fingerprint density at radius 3 is 2.35 bits per heavy atom. The van der Waals surface area contributed by atoms with E-state index in [1.165, 1.54) is 29.9 Å². The number of aromatic nitrogens is 4. The lowest BCUT2D eigenvalue weighted by Gasteiger charge is -2.17. The molecule has 0 fully saturated rings. The first-order valence-corrected chi connectivity index (χ1v) is 13.0. The summed E-state index contributed by atoms with van der Waals surface area (Å²) in [6, 6.07) is 10.7. The summed E-state index contributed by atoms with van der Waals surface area (Å²) in [6.07, 6.45) is 3.08. The minimum absolute atomic E-state index is 0. The normalized spacial score (nSPS) is 10.9. The number of aromatic amines is 1. The summed E-state index contributed by atoms with van der Waals surface area (Å²) in [4.78, 5) is 18.2. The van der Waals surface area contributed by atoms with E-state index in [9.17, 15) is 9.18 Å². The van der Waals surface area contributed by atoms with Crippen LogP contribution in [0.15, 0.2) is 47.4 Å². The summed E-state index contributed by atoms with van der Waals surface area (Å²) < 4.78 is 22.6. The van der Waals surface area contributed by atoms with Gasteiger partial charge in [0.25, 0.3) is 5.56 Å². The van der Waals surface area contributed by atoms with Crippen molar-refractivity contribution in [2.75, 3.05) is 0 Å². The topological polar surface area (TPSA) is 72.8 Å². The smallest absolute Gasteiger partial charge is 0.259 e. The average Bonchev–Trinajstić information content (AvgIpc) is 3.47. The van der Waals surface area contributed by atoms with E-state index in [4.69, 9.17) is 4.74 Å². The van der Waals surface area contributed by atoms with Gasteiger partial charge in [-0.3, -0.25) is 9.89 Å². The Balaban J connectivity index is 0.00000102. The number of fused-ring (bicyclic) bond motifs is 1.